The van der Waals surface area contributed by atoms with E-state index in [4.69, 9.17) is 0 Å². The second-order valence-electron chi connectivity index (χ2n) is 7.62. The molecule has 1 nitrogen and oxygen atoms in total. The van der Waals surface area contributed by atoms with Gasteiger partial charge in [-0.15, -0.1) is 0 Å². The summed E-state index contributed by atoms with van der Waals surface area (Å²) in [6.07, 6.45) is 8.25. The molecular formula is C18H20BrFO. The van der Waals surface area contributed by atoms with Gasteiger partial charge in [0.15, 0.2) is 5.78 Å². The molecule has 0 aromatic heterocycles. The molecule has 4 aliphatic rings. The standard InChI is InChI=1S/C18H20BrFO/c19-15-3-1-2-14(17(15)20)16(21)10-18-7-11-4-12(8-18)6-13(5-11)9-18/h1-3,11-13H,4-10H2. The number of hydrogen-bond acceptors (Lipinski definition) is 1. The first-order valence-electron chi connectivity index (χ1n) is 8.02. The number of Topliss-reactive ketones (excluding diaryl/α,β-unsaturated/α-hetero) is 1. The van der Waals surface area contributed by atoms with Gasteiger partial charge in [-0.1, -0.05) is 6.07 Å². The fourth-order valence-electron chi connectivity index (χ4n) is 5.66. The van der Waals surface area contributed by atoms with Gasteiger partial charge in [0.05, 0.1) is 10.0 Å². The average Bonchev–Trinajstić information content (AvgIpc) is 2.39. The number of halogens is 2. The molecule has 0 heterocycles. The van der Waals surface area contributed by atoms with Gasteiger partial charge in [0.25, 0.3) is 0 Å². The number of ketones is 1. The van der Waals surface area contributed by atoms with Crippen LogP contribution in [0.5, 0.6) is 0 Å². The lowest BCUT2D eigenvalue weighted by atomic mass is 9.48. The highest BCUT2D eigenvalue weighted by Gasteiger charge is 2.51. The first kappa shape index (κ1) is 13.9. The van der Waals surface area contributed by atoms with Gasteiger partial charge < -0.3 is 0 Å². The van der Waals surface area contributed by atoms with E-state index in [1.54, 1.807) is 18.2 Å². The summed E-state index contributed by atoms with van der Waals surface area (Å²) >= 11 is 3.18. The fourth-order valence-corrected chi connectivity index (χ4v) is 6.03. The fraction of sp³-hybridized carbons (Fsp3) is 0.611. The van der Waals surface area contributed by atoms with Crippen molar-refractivity contribution in [3.05, 3.63) is 34.1 Å². The molecule has 0 N–H and O–H groups in total. The molecule has 1 aromatic rings. The summed E-state index contributed by atoms with van der Waals surface area (Å²) in [5.41, 5.74) is 0.445. The van der Waals surface area contributed by atoms with Crippen molar-refractivity contribution in [3.63, 3.8) is 0 Å². The second kappa shape index (κ2) is 4.91. The summed E-state index contributed by atoms with van der Waals surface area (Å²) in [6.45, 7) is 0. The number of carbonyl (C=O) groups excluding carboxylic acids is 1. The van der Waals surface area contributed by atoms with E-state index in [1.165, 1.54) is 38.5 Å². The Hall–Kier alpha value is -0.700. The highest BCUT2D eigenvalue weighted by atomic mass is 79.9. The van der Waals surface area contributed by atoms with Gasteiger partial charge in [0.2, 0.25) is 0 Å². The minimum atomic E-state index is -0.396. The largest absolute Gasteiger partial charge is 0.294 e. The van der Waals surface area contributed by atoms with Crippen molar-refractivity contribution in [1.29, 1.82) is 0 Å². The van der Waals surface area contributed by atoms with Crippen LogP contribution in [-0.4, -0.2) is 5.78 Å². The molecule has 1 aromatic carbocycles. The van der Waals surface area contributed by atoms with Crippen LogP contribution in [0.4, 0.5) is 4.39 Å². The maximum Gasteiger partial charge on any atom is 0.166 e. The molecule has 0 spiro atoms. The van der Waals surface area contributed by atoms with E-state index in [0.717, 1.165) is 17.8 Å². The maximum absolute atomic E-state index is 14.1. The Labute approximate surface area is 133 Å². The van der Waals surface area contributed by atoms with Gasteiger partial charge in [0.1, 0.15) is 5.82 Å². The Kier molecular flexibility index (Phi) is 3.25. The predicted octanol–water partition coefficient (Wildman–Crippen LogP) is 5.38. The SMILES string of the molecule is O=C(CC12CC3CC(CC(C3)C1)C2)c1cccc(Br)c1F. The van der Waals surface area contributed by atoms with E-state index in [-0.39, 0.29) is 16.8 Å². The van der Waals surface area contributed by atoms with Gasteiger partial charge >= 0.3 is 0 Å². The van der Waals surface area contributed by atoms with E-state index in [9.17, 15) is 9.18 Å². The molecule has 0 aliphatic heterocycles. The first-order chi connectivity index (χ1) is 10.0. The Bertz CT molecular complexity index is 560. The summed E-state index contributed by atoms with van der Waals surface area (Å²) in [6, 6.07) is 5.03. The summed E-state index contributed by atoms with van der Waals surface area (Å²) < 4.78 is 14.5. The Balaban J connectivity index is 1.58. The highest BCUT2D eigenvalue weighted by Crippen LogP contribution is 2.61. The maximum atomic E-state index is 14.1. The molecule has 0 amide bonds. The van der Waals surface area contributed by atoms with Crippen LogP contribution in [-0.2, 0) is 0 Å². The molecule has 5 rings (SSSR count). The topological polar surface area (TPSA) is 17.1 Å². The molecule has 112 valence electrons. The van der Waals surface area contributed by atoms with E-state index in [2.05, 4.69) is 15.9 Å². The summed E-state index contributed by atoms with van der Waals surface area (Å²) in [5.74, 6) is 2.09. The van der Waals surface area contributed by atoms with Gasteiger partial charge in [-0.05, 0) is 89.8 Å². The summed E-state index contributed by atoms with van der Waals surface area (Å²) in [4.78, 5) is 12.6. The van der Waals surface area contributed by atoms with Crippen LogP contribution < -0.4 is 0 Å². The van der Waals surface area contributed by atoms with Crippen molar-refractivity contribution in [1.82, 2.24) is 0 Å². The smallest absolute Gasteiger partial charge is 0.166 e. The third-order valence-corrected chi connectivity index (χ3v) is 6.57. The van der Waals surface area contributed by atoms with E-state index in [1.807, 2.05) is 0 Å². The van der Waals surface area contributed by atoms with Crippen molar-refractivity contribution in [3.8, 4) is 0 Å². The van der Waals surface area contributed by atoms with Crippen LogP contribution in [0.25, 0.3) is 0 Å². The van der Waals surface area contributed by atoms with Crippen molar-refractivity contribution < 1.29 is 9.18 Å². The zero-order valence-electron chi connectivity index (χ0n) is 12.1. The molecule has 0 saturated heterocycles. The molecule has 3 heteroatoms. The van der Waals surface area contributed by atoms with E-state index < -0.39 is 5.82 Å². The van der Waals surface area contributed by atoms with Gasteiger partial charge in [0, 0.05) is 6.42 Å². The van der Waals surface area contributed by atoms with E-state index in [0.29, 0.717) is 10.9 Å². The van der Waals surface area contributed by atoms with Crippen molar-refractivity contribution in [2.45, 2.75) is 44.9 Å². The molecule has 4 bridgehead atoms. The minimum absolute atomic E-state index is 0.00394. The van der Waals surface area contributed by atoms with Gasteiger partial charge in [-0.25, -0.2) is 4.39 Å². The lowest BCUT2D eigenvalue weighted by Gasteiger charge is -2.56. The van der Waals surface area contributed by atoms with Gasteiger partial charge in [-0.3, -0.25) is 4.79 Å². The lowest BCUT2D eigenvalue weighted by molar-refractivity contribution is -0.0524. The third-order valence-electron chi connectivity index (χ3n) is 5.95. The van der Waals surface area contributed by atoms with Crippen LogP contribution >= 0.6 is 15.9 Å². The van der Waals surface area contributed by atoms with Gasteiger partial charge in [-0.2, -0.15) is 0 Å². The number of hydrogen-bond donors (Lipinski definition) is 0. The van der Waals surface area contributed by atoms with Crippen LogP contribution in [0, 0.1) is 29.0 Å². The average molecular weight is 351 g/mol. The number of benzene rings is 1. The second-order valence-corrected chi connectivity index (χ2v) is 8.47. The molecule has 21 heavy (non-hydrogen) atoms. The third kappa shape index (κ3) is 2.38. The molecular weight excluding hydrogens is 331 g/mol. The molecule has 0 atom stereocenters. The van der Waals surface area contributed by atoms with Crippen LogP contribution in [0.2, 0.25) is 0 Å². The minimum Gasteiger partial charge on any atom is -0.294 e. The van der Waals surface area contributed by atoms with Crippen molar-refractivity contribution in [2.24, 2.45) is 23.2 Å². The van der Waals surface area contributed by atoms with Crippen LogP contribution in [0.1, 0.15) is 55.3 Å². The number of carbonyl (C=O) groups is 1. The molecule has 4 aliphatic carbocycles. The predicted molar refractivity (Wildman–Crippen MR) is 83.7 cm³/mol. The highest BCUT2D eigenvalue weighted by molar-refractivity contribution is 9.10. The zero-order valence-corrected chi connectivity index (χ0v) is 13.7. The Morgan fingerprint density at radius 1 is 1.14 bits per heavy atom. The van der Waals surface area contributed by atoms with Crippen LogP contribution in [0.3, 0.4) is 0 Å². The first-order valence-corrected chi connectivity index (χ1v) is 8.81. The Morgan fingerprint density at radius 2 is 1.71 bits per heavy atom. The Morgan fingerprint density at radius 3 is 2.29 bits per heavy atom. The monoisotopic (exact) mass is 350 g/mol. The molecule has 4 fully saturated rings. The van der Waals surface area contributed by atoms with Crippen molar-refractivity contribution >= 4 is 21.7 Å². The summed E-state index contributed by atoms with van der Waals surface area (Å²) in [7, 11) is 0. The summed E-state index contributed by atoms with van der Waals surface area (Å²) in [5, 5.41) is 0. The molecule has 0 radical (unpaired) electrons. The van der Waals surface area contributed by atoms with Crippen molar-refractivity contribution in [2.75, 3.05) is 0 Å². The van der Waals surface area contributed by atoms with Crippen LogP contribution in [0.15, 0.2) is 22.7 Å². The molecule has 0 unspecified atom stereocenters. The zero-order chi connectivity index (χ0) is 14.6. The quantitative estimate of drug-likeness (QED) is 0.669. The normalized spacial score (nSPS) is 37.0. The molecule has 4 saturated carbocycles. The lowest BCUT2D eigenvalue weighted by Crippen LogP contribution is -2.46. The van der Waals surface area contributed by atoms with E-state index >= 15 is 0 Å². The number of rotatable bonds is 3.